The predicted molar refractivity (Wildman–Crippen MR) is 83.5 cm³/mol. The van der Waals surface area contributed by atoms with Gasteiger partial charge in [-0.2, -0.15) is 0 Å². The number of aromatic nitrogens is 1. The van der Waals surface area contributed by atoms with Crippen LogP contribution in [0.1, 0.15) is 36.5 Å². The van der Waals surface area contributed by atoms with Gasteiger partial charge in [-0.15, -0.1) is 0 Å². The van der Waals surface area contributed by atoms with Gasteiger partial charge in [0.1, 0.15) is 5.82 Å². The molecule has 0 aliphatic carbocycles. The van der Waals surface area contributed by atoms with Crippen LogP contribution in [0.2, 0.25) is 0 Å². The lowest BCUT2D eigenvalue weighted by Crippen LogP contribution is -2.60. The molecule has 5 nitrogen and oxygen atoms in total. The smallest absolute Gasteiger partial charge is 0.254 e. The highest BCUT2D eigenvalue weighted by Gasteiger charge is 2.35. The number of hydrogen-bond acceptors (Lipinski definition) is 4. The number of piperazine rings is 1. The van der Waals surface area contributed by atoms with Crippen molar-refractivity contribution in [2.24, 2.45) is 0 Å². The quantitative estimate of drug-likeness (QED) is 0.902. The zero-order valence-electron chi connectivity index (χ0n) is 12.9. The highest BCUT2D eigenvalue weighted by molar-refractivity contribution is 5.95. The number of nitrogens with zero attached hydrogens (tertiary/aromatic N) is 3. The first-order valence-corrected chi connectivity index (χ1v) is 7.88. The number of carbonyl (C=O) groups excluding carboxylic acids is 1. The number of amides is 1. The van der Waals surface area contributed by atoms with Gasteiger partial charge in [-0.1, -0.05) is 6.42 Å². The van der Waals surface area contributed by atoms with E-state index in [9.17, 15) is 4.79 Å². The summed E-state index contributed by atoms with van der Waals surface area (Å²) in [5.74, 6) is 0.872. The lowest BCUT2D eigenvalue weighted by molar-refractivity contribution is 0.0151. The van der Waals surface area contributed by atoms with Gasteiger partial charge >= 0.3 is 0 Å². The molecule has 2 saturated heterocycles. The first-order chi connectivity index (χ1) is 10.2. The van der Waals surface area contributed by atoms with Crippen molar-refractivity contribution in [3.63, 3.8) is 0 Å². The number of anilines is 1. The van der Waals surface area contributed by atoms with Crippen molar-refractivity contribution in [3.8, 4) is 0 Å². The van der Waals surface area contributed by atoms with E-state index in [4.69, 9.17) is 0 Å². The van der Waals surface area contributed by atoms with Gasteiger partial charge in [0.05, 0.1) is 0 Å². The average Bonchev–Trinajstić information content (AvgIpc) is 2.53. The largest absolute Gasteiger partial charge is 0.373 e. The topological polar surface area (TPSA) is 48.5 Å². The van der Waals surface area contributed by atoms with Crippen LogP contribution in [0.15, 0.2) is 18.3 Å². The molecule has 5 heteroatoms. The van der Waals surface area contributed by atoms with Gasteiger partial charge < -0.3 is 10.2 Å². The molecule has 0 saturated carbocycles. The minimum absolute atomic E-state index is 0.131. The second-order valence-corrected chi connectivity index (χ2v) is 6.13. The Bertz CT molecular complexity index is 519. The fourth-order valence-corrected chi connectivity index (χ4v) is 3.50. The molecule has 2 atom stereocenters. The van der Waals surface area contributed by atoms with Crippen molar-refractivity contribution >= 4 is 11.7 Å². The Morgan fingerprint density at radius 2 is 2.24 bits per heavy atom. The molecule has 1 aromatic rings. The van der Waals surface area contributed by atoms with Crippen LogP contribution in [-0.4, -0.2) is 59.5 Å². The van der Waals surface area contributed by atoms with Crippen LogP contribution in [-0.2, 0) is 0 Å². The van der Waals surface area contributed by atoms with Crippen LogP contribution in [0.3, 0.4) is 0 Å². The molecule has 1 N–H and O–H groups in total. The van der Waals surface area contributed by atoms with Gasteiger partial charge in [0.2, 0.25) is 0 Å². The normalized spacial score (nSPS) is 26.3. The van der Waals surface area contributed by atoms with E-state index in [-0.39, 0.29) is 11.9 Å². The number of carbonyl (C=O) groups is 1. The van der Waals surface area contributed by atoms with Crippen LogP contribution < -0.4 is 5.32 Å². The van der Waals surface area contributed by atoms with Crippen molar-refractivity contribution in [1.82, 2.24) is 14.8 Å². The number of piperidine rings is 1. The van der Waals surface area contributed by atoms with Crippen molar-refractivity contribution in [3.05, 3.63) is 23.9 Å². The maximum atomic E-state index is 12.8. The Hall–Kier alpha value is -1.62. The number of fused-ring (bicyclic) bond motifs is 1. The molecule has 2 unspecified atom stereocenters. The van der Waals surface area contributed by atoms with Gasteiger partial charge in [-0.3, -0.25) is 9.69 Å². The van der Waals surface area contributed by atoms with Crippen molar-refractivity contribution in [2.75, 3.05) is 32.0 Å². The number of hydrogen-bond donors (Lipinski definition) is 1. The fraction of sp³-hybridized carbons (Fsp3) is 0.625. The summed E-state index contributed by atoms with van der Waals surface area (Å²) in [4.78, 5) is 21.6. The van der Waals surface area contributed by atoms with Gasteiger partial charge in [-0.05, 0) is 38.4 Å². The van der Waals surface area contributed by atoms with Crippen LogP contribution in [0.5, 0.6) is 0 Å². The highest BCUT2D eigenvalue weighted by atomic mass is 16.2. The Morgan fingerprint density at radius 3 is 3.05 bits per heavy atom. The van der Waals surface area contributed by atoms with Gasteiger partial charge in [0, 0.05) is 44.0 Å². The van der Waals surface area contributed by atoms with Gasteiger partial charge in [0.25, 0.3) is 5.91 Å². The zero-order valence-corrected chi connectivity index (χ0v) is 12.9. The first kappa shape index (κ1) is 14.3. The van der Waals surface area contributed by atoms with Crippen molar-refractivity contribution in [2.45, 2.75) is 38.3 Å². The maximum Gasteiger partial charge on any atom is 0.254 e. The van der Waals surface area contributed by atoms with Gasteiger partial charge in [0.15, 0.2) is 0 Å². The second-order valence-electron chi connectivity index (χ2n) is 6.13. The van der Waals surface area contributed by atoms with Gasteiger partial charge in [-0.25, -0.2) is 4.98 Å². The average molecular weight is 288 g/mol. The summed E-state index contributed by atoms with van der Waals surface area (Å²) in [6.45, 7) is 5.21. The third-order valence-corrected chi connectivity index (χ3v) is 4.71. The molecule has 0 spiro atoms. The minimum atomic E-state index is 0.131. The third-order valence-electron chi connectivity index (χ3n) is 4.71. The molecular weight excluding hydrogens is 264 g/mol. The van der Waals surface area contributed by atoms with E-state index in [0.29, 0.717) is 6.04 Å². The van der Waals surface area contributed by atoms with Crippen LogP contribution >= 0.6 is 0 Å². The molecule has 2 aliphatic rings. The molecule has 0 bridgehead atoms. The summed E-state index contributed by atoms with van der Waals surface area (Å²) in [7, 11) is 1.82. The molecule has 3 heterocycles. The van der Waals surface area contributed by atoms with E-state index < -0.39 is 0 Å². The highest BCUT2D eigenvalue weighted by Crippen LogP contribution is 2.25. The van der Waals surface area contributed by atoms with Crippen LogP contribution in [0, 0.1) is 0 Å². The molecule has 1 amide bonds. The summed E-state index contributed by atoms with van der Waals surface area (Å²) in [5, 5.41) is 2.99. The molecule has 0 aromatic carbocycles. The Labute approximate surface area is 126 Å². The number of pyridine rings is 1. The Morgan fingerprint density at radius 1 is 1.38 bits per heavy atom. The SMILES string of the molecule is CNc1cc(C(=O)N2CC3CCCCN3CC2C)ccn1. The van der Waals surface area contributed by atoms with E-state index in [1.54, 1.807) is 6.20 Å². The number of rotatable bonds is 2. The standard InChI is InChI=1S/C16H24N4O/c1-12-10-19-8-4-3-5-14(19)11-20(12)16(21)13-6-7-18-15(9-13)17-2/h6-7,9,12,14H,3-5,8,10-11H2,1-2H3,(H,17,18). The molecule has 114 valence electrons. The fourth-order valence-electron chi connectivity index (χ4n) is 3.50. The lowest BCUT2D eigenvalue weighted by Gasteiger charge is -2.47. The monoisotopic (exact) mass is 288 g/mol. The second kappa shape index (κ2) is 6.02. The molecular formula is C16H24N4O. The summed E-state index contributed by atoms with van der Waals surface area (Å²) >= 11 is 0. The lowest BCUT2D eigenvalue weighted by atomic mass is 9.96. The number of nitrogens with one attached hydrogen (secondary N) is 1. The first-order valence-electron chi connectivity index (χ1n) is 7.88. The molecule has 0 radical (unpaired) electrons. The van der Waals surface area contributed by atoms with E-state index in [0.717, 1.165) is 24.5 Å². The van der Waals surface area contributed by atoms with E-state index in [1.165, 1.54) is 25.8 Å². The minimum Gasteiger partial charge on any atom is -0.373 e. The third kappa shape index (κ3) is 2.88. The predicted octanol–water partition coefficient (Wildman–Crippen LogP) is 1.82. The zero-order chi connectivity index (χ0) is 14.8. The van der Waals surface area contributed by atoms with E-state index in [2.05, 4.69) is 22.1 Å². The van der Waals surface area contributed by atoms with E-state index >= 15 is 0 Å². The van der Waals surface area contributed by atoms with Crippen LogP contribution in [0.25, 0.3) is 0 Å². The maximum absolute atomic E-state index is 12.8. The van der Waals surface area contributed by atoms with Crippen molar-refractivity contribution in [1.29, 1.82) is 0 Å². The molecule has 2 fully saturated rings. The Balaban J connectivity index is 1.77. The summed E-state index contributed by atoms with van der Waals surface area (Å²) in [6, 6.07) is 4.47. The van der Waals surface area contributed by atoms with Crippen LogP contribution in [0.4, 0.5) is 5.82 Å². The molecule has 3 rings (SSSR count). The summed E-state index contributed by atoms with van der Waals surface area (Å²) in [5.41, 5.74) is 0.727. The molecule has 2 aliphatic heterocycles. The molecule has 21 heavy (non-hydrogen) atoms. The Kier molecular flexibility index (Phi) is 4.10. The van der Waals surface area contributed by atoms with Crippen molar-refractivity contribution < 1.29 is 4.79 Å². The molecule has 1 aromatic heterocycles. The van der Waals surface area contributed by atoms with E-state index in [1.807, 2.05) is 24.1 Å². The summed E-state index contributed by atoms with van der Waals surface area (Å²) < 4.78 is 0. The summed E-state index contributed by atoms with van der Waals surface area (Å²) in [6.07, 6.45) is 5.50.